The Kier molecular flexibility index (Phi) is 7.34. The zero-order valence-corrected chi connectivity index (χ0v) is 19.8. The number of hydrogen-bond acceptors (Lipinski definition) is 8. The average Bonchev–Trinajstić information content (AvgIpc) is 2.89. The van der Waals surface area contributed by atoms with Crippen molar-refractivity contribution in [3.63, 3.8) is 0 Å². The van der Waals surface area contributed by atoms with Crippen LogP contribution in [0.1, 0.15) is 36.6 Å². The van der Waals surface area contributed by atoms with Crippen LogP contribution < -0.4 is 10.2 Å². The summed E-state index contributed by atoms with van der Waals surface area (Å²) >= 11 is 0. The fourth-order valence-corrected chi connectivity index (χ4v) is 4.88. The minimum Gasteiger partial charge on any atom is -0.379 e. The summed E-state index contributed by atoms with van der Waals surface area (Å²) in [5, 5.41) is 3.45. The molecule has 0 radical (unpaired) electrons. The summed E-state index contributed by atoms with van der Waals surface area (Å²) in [5.74, 6) is 0.0574. The van der Waals surface area contributed by atoms with Gasteiger partial charge in [0.05, 0.1) is 31.1 Å². The molecule has 3 aliphatic rings. The molecule has 1 aromatic carbocycles. The van der Waals surface area contributed by atoms with Gasteiger partial charge in [-0.3, -0.25) is 15.0 Å². The van der Waals surface area contributed by atoms with E-state index in [0.717, 1.165) is 64.5 Å². The second kappa shape index (κ2) is 10.8. The van der Waals surface area contributed by atoms with Crippen molar-refractivity contribution in [2.45, 2.75) is 44.3 Å². The number of carbonyl (C=O) groups is 1. The quantitative estimate of drug-likeness (QED) is 0.690. The first-order chi connectivity index (χ1) is 16.7. The van der Waals surface area contributed by atoms with Crippen LogP contribution in [0.15, 0.2) is 42.9 Å². The number of benzene rings is 1. The lowest BCUT2D eigenvalue weighted by Crippen LogP contribution is -2.56. The predicted octanol–water partition coefficient (Wildman–Crippen LogP) is 1.77. The summed E-state index contributed by atoms with van der Waals surface area (Å²) < 4.78 is 11.8. The number of ether oxygens (including phenoxy) is 2. The SMILES string of the molecule is CN1C(=O)CC(c2ccncn2)NC1OC1CCN(c2ccc(CN3CCOCC3)cc2)CC1. The number of aromatic nitrogens is 2. The molecule has 4 heterocycles. The molecule has 2 aromatic rings. The smallest absolute Gasteiger partial charge is 0.227 e. The molecule has 34 heavy (non-hydrogen) atoms. The molecule has 1 amide bonds. The molecule has 3 aliphatic heterocycles. The molecular formula is C25H34N6O3. The van der Waals surface area contributed by atoms with Gasteiger partial charge in [-0.15, -0.1) is 0 Å². The first-order valence-electron chi connectivity index (χ1n) is 12.2. The number of hydrogen-bond donors (Lipinski definition) is 1. The Morgan fingerprint density at radius 1 is 1.09 bits per heavy atom. The molecule has 3 fully saturated rings. The molecule has 0 aliphatic carbocycles. The summed E-state index contributed by atoms with van der Waals surface area (Å²) in [6, 6.07) is 10.6. The Morgan fingerprint density at radius 3 is 2.56 bits per heavy atom. The fraction of sp³-hybridized carbons (Fsp3) is 0.560. The summed E-state index contributed by atoms with van der Waals surface area (Å²) in [6.07, 6.45) is 5.09. The standard InChI is InChI=1S/C25H34N6O3/c1-29-24(32)16-23(22-6-9-26-18-27-22)28-25(29)34-21-7-10-31(11-8-21)20-4-2-19(3-5-20)17-30-12-14-33-15-13-30/h2-6,9,18,21,23,25,28H,7-8,10-17H2,1H3. The molecule has 5 rings (SSSR count). The van der Waals surface area contributed by atoms with E-state index in [2.05, 4.69) is 49.4 Å². The van der Waals surface area contributed by atoms with Crippen LogP contribution in [0, 0.1) is 0 Å². The maximum Gasteiger partial charge on any atom is 0.227 e. The van der Waals surface area contributed by atoms with Crippen molar-refractivity contribution in [3.8, 4) is 0 Å². The average molecular weight is 467 g/mol. The van der Waals surface area contributed by atoms with Crippen molar-refractivity contribution in [3.05, 3.63) is 54.1 Å². The zero-order valence-electron chi connectivity index (χ0n) is 19.8. The Bertz CT molecular complexity index is 929. The molecule has 1 aromatic heterocycles. The van der Waals surface area contributed by atoms with Crippen LogP contribution in [0.4, 0.5) is 5.69 Å². The third kappa shape index (κ3) is 5.55. The van der Waals surface area contributed by atoms with Crippen molar-refractivity contribution < 1.29 is 14.3 Å². The molecular weight excluding hydrogens is 432 g/mol. The second-order valence-corrected chi connectivity index (χ2v) is 9.29. The highest BCUT2D eigenvalue weighted by Crippen LogP contribution is 2.26. The number of nitrogens with one attached hydrogen (secondary N) is 1. The highest BCUT2D eigenvalue weighted by molar-refractivity contribution is 5.77. The minimum atomic E-state index is -0.447. The lowest BCUT2D eigenvalue weighted by molar-refractivity contribution is -0.167. The van der Waals surface area contributed by atoms with E-state index in [1.165, 1.54) is 17.6 Å². The van der Waals surface area contributed by atoms with Crippen molar-refractivity contribution in [2.24, 2.45) is 0 Å². The van der Waals surface area contributed by atoms with Gasteiger partial charge in [-0.05, 0) is 36.6 Å². The van der Waals surface area contributed by atoms with E-state index in [9.17, 15) is 4.79 Å². The van der Waals surface area contributed by atoms with Crippen LogP contribution in [-0.4, -0.2) is 84.6 Å². The van der Waals surface area contributed by atoms with Gasteiger partial charge in [-0.25, -0.2) is 9.97 Å². The molecule has 0 spiro atoms. The molecule has 0 bridgehead atoms. The maximum absolute atomic E-state index is 12.6. The topological polar surface area (TPSA) is 83.1 Å². The van der Waals surface area contributed by atoms with Gasteiger partial charge >= 0.3 is 0 Å². The number of carbonyl (C=O) groups excluding carboxylic acids is 1. The maximum atomic E-state index is 12.6. The molecule has 9 nitrogen and oxygen atoms in total. The largest absolute Gasteiger partial charge is 0.379 e. The number of morpholine rings is 1. The molecule has 2 atom stereocenters. The normalized spacial score (nSPS) is 25.0. The van der Waals surface area contributed by atoms with E-state index in [0.29, 0.717) is 6.42 Å². The fourth-order valence-electron chi connectivity index (χ4n) is 4.88. The first-order valence-corrected chi connectivity index (χ1v) is 12.2. The van der Waals surface area contributed by atoms with Crippen LogP contribution >= 0.6 is 0 Å². The van der Waals surface area contributed by atoms with E-state index in [-0.39, 0.29) is 18.1 Å². The Hall–Kier alpha value is -2.59. The molecule has 182 valence electrons. The van der Waals surface area contributed by atoms with Crippen molar-refractivity contribution in [2.75, 3.05) is 51.3 Å². The highest BCUT2D eigenvalue weighted by atomic mass is 16.5. The van der Waals surface area contributed by atoms with E-state index in [1.54, 1.807) is 18.1 Å². The molecule has 2 unspecified atom stereocenters. The summed E-state index contributed by atoms with van der Waals surface area (Å²) in [7, 11) is 1.80. The van der Waals surface area contributed by atoms with E-state index >= 15 is 0 Å². The Balaban J connectivity index is 1.12. The van der Waals surface area contributed by atoms with Crippen LogP contribution in [0.25, 0.3) is 0 Å². The van der Waals surface area contributed by atoms with Gasteiger partial charge < -0.3 is 19.3 Å². The number of piperidine rings is 1. The predicted molar refractivity (Wildman–Crippen MR) is 128 cm³/mol. The summed E-state index contributed by atoms with van der Waals surface area (Å²) in [5.41, 5.74) is 3.42. The van der Waals surface area contributed by atoms with Gasteiger partial charge in [0, 0.05) is 58.1 Å². The molecule has 9 heteroatoms. The molecule has 3 saturated heterocycles. The van der Waals surface area contributed by atoms with E-state index < -0.39 is 6.35 Å². The van der Waals surface area contributed by atoms with Crippen molar-refractivity contribution in [1.29, 1.82) is 0 Å². The van der Waals surface area contributed by atoms with Crippen molar-refractivity contribution >= 4 is 11.6 Å². The van der Waals surface area contributed by atoms with Gasteiger partial charge in [0.1, 0.15) is 6.33 Å². The summed E-state index contributed by atoms with van der Waals surface area (Å²) in [4.78, 5) is 27.4. The minimum absolute atomic E-state index is 0.0574. The third-order valence-corrected chi connectivity index (χ3v) is 7.00. The van der Waals surface area contributed by atoms with Crippen LogP contribution in [0.3, 0.4) is 0 Å². The number of anilines is 1. The van der Waals surface area contributed by atoms with Gasteiger partial charge in [0.2, 0.25) is 5.91 Å². The monoisotopic (exact) mass is 466 g/mol. The van der Waals surface area contributed by atoms with Gasteiger partial charge in [0.25, 0.3) is 0 Å². The number of rotatable bonds is 6. The van der Waals surface area contributed by atoms with E-state index in [1.807, 2.05) is 6.07 Å². The van der Waals surface area contributed by atoms with Crippen LogP contribution in [0.5, 0.6) is 0 Å². The second-order valence-electron chi connectivity index (χ2n) is 9.29. The summed E-state index contributed by atoms with van der Waals surface area (Å²) in [6.45, 7) is 6.53. The van der Waals surface area contributed by atoms with Crippen LogP contribution in [0.2, 0.25) is 0 Å². The highest BCUT2D eigenvalue weighted by Gasteiger charge is 2.35. The Labute approximate surface area is 201 Å². The van der Waals surface area contributed by atoms with Gasteiger partial charge in [-0.2, -0.15) is 0 Å². The first kappa shape index (κ1) is 23.2. The molecule has 0 saturated carbocycles. The van der Waals surface area contributed by atoms with Gasteiger partial charge in [0.15, 0.2) is 6.35 Å². The van der Waals surface area contributed by atoms with E-state index in [4.69, 9.17) is 9.47 Å². The number of nitrogens with zero attached hydrogens (tertiary/aromatic N) is 5. The molecule has 1 N–H and O–H groups in total. The van der Waals surface area contributed by atoms with Crippen molar-refractivity contribution in [1.82, 2.24) is 25.1 Å². The van der Waals surface area contributed by atoms with Gasteiger partial charge in [-0.1, -0.05) is 12.1 Å². The lowest BCUT2D eigenvalue weighted by Gasteiger charge is -2.41. The third-order valence-electron chi connectivity index (χ3n) is 7.00. The Morgan fingerprint density at radius 2 is 1.85 bits per heavy atom. The zero-order chi connectivity index (χ0) is 23.3. The van der Waals surface area contributed by atoms with Crippen LogP contribution in [-0.2, 0) is 20.8 Å². The number of amides is 1. The lowest BCUT2D eigenvalue weighted by atomic mass is 10.1.